The third-order valence-corrected chi connectivity index (χ3v) is 4.17. The van der Waals surface area contributed by atoms with Gasteiger partial charge in [-0.2, -0.15) is 0 Å². The Bertz CT molecular complexity index is 754. The summed E-state index contributed by atoms with van der Waals surface area (Å²) in [6.45, 7) is 2.76. The Labute approximate surface area is 125 Å². The molecular formula is C15H13ClN2OS. The van der Waals surface area contributed by atoms with E-state index in [4.69, 9.17) is 16.0 Å². The van der Waals surface area contributed by atoms with Crippen molar-refractivity contribution in [2.45, 2.75) is 13.5 Å². The number of rotatable bonds is 3. The Morgan fingerprint density at radius 1 is 1.25 bits per heavy atom. The standard InChI is InChI=1S/C15H13ClN2OS/c1-11-10-20-15(17-13-6-4-12(16)5-7-13)18(11)9-14-3-2-8-19-14/h2-8,10H,9H2,1H3. The van der Waals surface area contributed by atoms with E-state index in [1.54, 1.807) is 17.6 Å². The molecule has 0 saturated carbocycles. The molecule has 0 N–H and O–H groups in total. The molecule has 0 radical (unpaired) electrons. The average Bonchev–Trinajstić information content (AvgIpc) is 3.06. The molecule has 0 aliphatic heterocycles. The summed E-state index contributed by atoms with van der Waals surface area (Å²) in [7, 11) is 0. The van der Waals surface area contributed by atoms with Crippen LogP contribution in [-0.4, -0.2) is 4.57 Å². The first-order valence-electron chi connectivity index (χ1n) is 6.20. The second kappa shape index (κ2) is 5.69. The lowest BCUT2D eigenvalue weighted by atomic mass is 10.3. The van der Waals surface area contributed by atoms with Gasteiger partial charge in [-0.05, 0) is 43.3 Å². The molecule has 0 aliphatic rings. The van der Waals surface area contributed by atoms with E-state index in [0.29, 0.717) is 6.54 Å². The molecule has 3 rings (SSSR count). The van der Waals surface area contributed by atoms with E-state index in [-0.39, 0.29) is 0 Å². The van der Waals surface area contributed by atoms with E-state index in [0.717, 1.165) is 21.3 Å². The largest absolute Gasteiger partial charge is 0.467 e. The van der Waals surface area contributed by atoms with E-state index in [1.165, 1.54) is 5.69 Å². The maximum absolute atomic E-state index is 5.89. The minimum absolute atomic E-state index is 0.689. The van der Waals surface area contributed by atoms with Crippen LogP contribution in [0.4, 0.5) is 5.69 Å². The number of benzene rings is 1. The summed E-state index contributed by atoms with van der Waals surface area (Å²) in [5.41, 5.74) is 2.06. The number of nitrogens with zero attached hydrogens (tertiary/aromatic N) is 2. The molecular weight excluding hydrogens is 292 g/mol. The van der Waals surface area contributed by atoms with Crippen LogP contribution in [0.2, 0.25) is 5.02 Å². The van der Waals surface area contributed by atoms with Gasteiger partial charge in [0.2, 0.25) is 0 Å². The lowest BCUT2D eigenvalue weighted by Gasteiger charge is -2.03. The maximum atomic E-state index is 5.89. The molecule has 0 bridgehead atoms. The molecule has 0 saturated heterocycles. The van der Waals surface area contributed by atoms with Gasteiger partial charge in [-0.1, -0.05) is 11.6 Å². The van der Waals surface area contributed by atoms with Gasteiger partial charge in [0, 0.05) is 16.1 Å². The number of aryl methyl sites for hydroxylation is 1. The predicted molar refractivity (Wildman–Crippen MR) is 81.5 cm³/mol. The van der Waals surface area contributed by atoms with Crippen molar-refractivity contribution < 1.29 is 4.42 Å². The van der Waals surface area contributed by atoms with Crippen LogP contribution in [-0.2, 0) is 6.54 Å². The Balaban J connectivity index is 1.99. The molecule has 3 aromatic rings. The van der Waals surface area contributed by atoms with Gasteiger partial charge < -0.3 is 8.98 Å². The SMILES string of the molecule is Cc1csc(=Nc2ccc(Cl)cc2)n1Cc1ccco1. The maximum Gasteiger partial charge on any atom is 0.190 e. The van der Waals surface area contributed by atoms with Crippen molar-refractivity contribution in [3.63, 3.8) is 0 Å². The van der Waals surface area contributed by atoms with Gasteiger partial charge >= 0.3 is 0 Å². The Hall–Kier alpha value is -1.78. The van der Waals surface area contributed by atoms with Crippen LogP contribution >= 0.6 is 22.9 Å². The zero-order valence-electron chi connectivity index (χ0n) is 10.9. The van der Waals surface area contributed by atoms with Crippen LogP contribution in [0, 0.1) is 6.92 Å². The first-order chi connectivity index (χ1) is 9.72. The smallest absolute Gasteiger partial charge is 0.190 e. The molecule has 5 heteroatoms. The average molecular weight is 305 g/mol. The van der Waals surface area contributed by atoms with Crippen molar-refractivity contribution >= 4 is 28.6 Å². The van der Waals surface area contributed by atoms with Crippen molar-refractivity contribution in [1.82, 2.24) is 4.57 Å². The highest BCUT2D eigenvalue weighted by Crippen LogP contribution is 2.16. The van der Waals surface area contributed by atoms with Crippen molar-refractivity contribution in [2.24, 2.45) is 4.99 Å². The number of furan rings is 1. The number of hydrogen-bond donors (Lipinski definition) is 0. The number of aromatic nitrogens is 1. The summed E-state index contributed by atoms with van der Waals surface area (Å²) in [4.78, 5) is 5.61. The molecule has 2 heterocycles. The Morgan fingerprint density at radius 3 is 2.75 bits per heavy atom. The van der Waals surface area contributed by atoms with Gasteiger partial charge in [-0.3, -0.25) is 0 Å². The molecule has 2 aromatic heterocycles. The van der Waals surface area contributed by atoms with Gasteiger partial charge in [-0.15, -0.1) is 11.3 Å². The third kappa shape index (κ3) is 2.86. The molecule has 1 aromatic carbocycles. The van der Waals surface area contributed by atoms with Gasteiger partial charge in [0.05, 0.1) is 18.5 Å². The van der Waals surface area contributed by atoms with Gasteiger partial charge in [0.1, 0.15) is 5.76 Å². The van der Waals surface area contributed by atoms with Crippen LogP contribution in [0.1, 0.15) is 11.5 Å². The molecule has 0 fully saturated rings. The summed E-state index contributed by atoms with van der Waals surface area (Å²) in [6.07, 6.45) is 1.69. The number of hydrogen-bond acceptors (Lipinski definition) is 3. The van der Waals surface area contributed by atoms with E-state index in [9.17, 15) is 0 Å². The van der Waals surface area contributed by atoms with Crippen molar-refractivity contribution in [3.8, 4) is 0 Å². The highest BCUT2D eigenvalue weighted by atomic mass is 35.5. The molecule has 20 heavy (non-hydrogen) atoms. The highest BCUT2D eigenvalue weighted by molar-refractivity contribution is 7.07. The quantitative estimate of drug-likeness (QED) is 0.706. The normalized spacial score (nSPS) is 12.0. The fraction of sp³-hybridized carbons (Fsp3) is 0.133. The first-order valence-corrected chi connectivity index (χ1v) is 7.46. The predicted octanol–water partition coefficient (Wildman–Crippen LogP) is 4.39. The lowest BCUT2D eigenvalue weighted by Crippen LogP contribution is -2.16. The molecule has 0 aliphatic carbocycles. The van der Waals surface area contributed by atoms with E-state index in [1.807, 2.05) is 36.4 Å². The molecule has 0 unspecified atom stereocenters. The van der Waals surface area contributed by atoms with Crippen LogP contribution in [0.3, 0.4) is 0 Å². The van der Waals surface area contributed by atoms with Crippen LogP contribution in [0.5, 0.6) is 0 Å². The monoisotopic (exact) mass is 304 g/mol. The summed E-state index contributed by atoms with van der Waals surface area (Å²) in [5.74, 6) is 0.920. The van der Waals surface area contributed by atoms with Gasteiger partial charge in [0.15, 0.2) is 4.80 Å². The minimum Gasteiger partial charge on any atom is -0.467 e. The zero-order valence-corrected chi connectivity index (χ0v) is 12.5. The molecule has 0 atom stereocenters. The van der Waals surface area contributed by atoms with Gasteiger partial charge in [-0.25, -0.2) is 4.99 Å². The topological polar surface area (TPSA) is 30.4 Å². The van der Waals surface area contributed by atoms with Crippen molar-refractivity contribution in [1.29, 1.82) is 0 Å². The summed E-state index contributed by atoms with van der Waals surface area (Å²) >= 11 is 7.51. The number of thiazole rings is 1. The van der Waals surface area contributed by atoms with E-state index < -0.39 is 0 Å². The molecule has 3 nitrogen and oxygen atoms in total. The highest BCUT2D eigenvalue weighted by Gasteiger charge is 2.04. The summed E-state index contributed by atoms with van der Waals surface area (Å²) in [5, 5.41) is 2.81. The number of halogens is 1. The van der Waals surface area contributed by atoms with Crippen LogP contribution in [0.25, 0.3) is 0 Å². The Morgan fingerprint density at radius 2 is 2.05 bits per heavy atom. The van der Waals surface area contributed by atoms with Gasteiger partial charge in [0.25, 0.3) is 0 Å². The van der Waals surface area contributed by atoms with E-state index >= 15 is 0 Å². The first kappa shape index (κ1) is 13.2. The van der Waals surface area contributed by atoms with E-state index in [2.05, 4.69) is 21.9 Å². The zero-order chi connectivity index (χ0) is 13.9. The van der Waals surface area contributed by atoms with Crippen molar-refractivity contribution in [3.05, 3.63) is 69.3 Å². The van der Waals surface area contributed by atoms with Crippen LogP contribution in [0.15, 0.2) is 57.5 Å². The molecule has 0 spiro atoms. The lowest BCUT2D eigenvalue weighted by molar-refractivity contribution is 0.488. The third-order valence-electron chi connectivity index (χ3n) is 2.94. The molecule has 0 amide bonds. The van der Waals surface area contributed by atoms with Crippen LogP contribution < -0.4 is 4.80 Å². The molecule has 102 valence electrons. The second-order valence-electron chi connectivity index (χ2n) is 4.41. The fourth-order valence-electron chi connectivity index (χ4n) is 1.88. The van der Waals surface area contributed by atoms with Crippen molar-refractivity contribution in [2.75, 3.05) is 0 Å². The second-order valence-corrected chi connectivity index (χ2v) is 5.69. The Kier molecular flexibility index (Phi) is 3.76. The minimum atomic E-state index is 0.689. The fourth-order valence-corrected chi connectivity index (χ4v) is 2.90. The summed E-state index contributed by atoms with van der Waals surface area (Å²) in [6, 6.07) is 11.4. The summed E-state index contributed by atoms with van der Waals surface area (Å²) < 4.78 is 7.54.